The van der Waals surface area contributed by atoms with E-state index in [9.17, 15) is 0 Å². The van der Waals surface area contributed by atoms with Gasteiger partial charge in [-0.3, -0.25) is 0 Å². The fourth-order valence-electron chi connectivity index (χ4n) is 0. The molecule has 0 heterocycles. The molecule has 0 spiro atoms. The molecule has 0 aromatic carbocycles. The molecule has 0 bridgehead atoms. The summed E-state index contributed by atoms with van der Waals surface area (Å²) in [5.41, 5.74) is 0. The molecule has 0 rings (SSSR count). The first kappa shape index (κ1) is 16.6. The molecule has 2 radical (unpaired) electrons. The molecule has 0 aliphatic heterocycles. The van der Waals surface area contributed by atoms with Gasteiger partial charge >= 0.3 is 17.5 Å². The topological polar surface area (TPSA) is 34.1 Å². The van der Waals surface area contributed by atoms with E-state index in [1.54, 1.807) is 0 Å². The van der Waals surface area contributed by atoms with E-state index in [2.05, 4.69) is 0 Å². The van der Waals surface area contributed by atoms with E-state index >= 15 is 0 Å². The first-order chi connectivity index (χ1) is 1.41. The van der Waals surface area contributed by atoms with E-state index in [4.69, 9.17) is 9.13 Å². The summed E-state index contributed by atoms with van der Waals surface area (Å²) in [4.78, 5) is 0. The van der Waals surface area contributed by atoms with Crippen molar-refractivity contribution >= 4 is 8.34 Å². The summed E-state index contributed by atoms with van der Waals surface area (Å²) in [5.74, 6) is 0. The molecule has 0 fully saturated rings. The normalized spacial score (nSPS) is 1.60. The zero-order valence-electron chi connectivity index (χ0n) is 1.95. The van der Waals surface area contributed by atoms with Gasteiger partial charge in [0.1, 0.15) is 0 Å². The van der Waals surface area contributed by atoms with Crippen molar-refractivity contribution in [3.05, 3.63) is 0 Å². The molecule has 0 saturated heterocycles. The third-order valence-electron chi connectivity index (χ3n) is 0. The molecule has 2 nitrogen and oxygen atoms in total. The quantitative estimate of drug-likeness (QED) is 0.402. The van der Waals surface area contributed by atoms with Crippen LogP contribution in [-0.2, 0) is 43.0 Å². The van der Waals surface area contributed by atoms with Gasteiger partial charge in [-0.25, -0.2) is 0 Å². The summed E-state index contributed by atoms with van der Waals surface area (Å²) in [7, 11) is -1.08. The van der Waals surface area contributed by atoms with Crippen molar-refractivity contribution in [3.8, 4) is 0 Å². The summed E-state index contributed by atoms with van der Waals surface area (Å²) in [6.07, 6.45) is 0. The Morgan fingerprint density at radius 1 is 1.20 bits per heavy atom. The van der Waals surface area contributed by atoms with Crippen molar-refractivity contribution in [1.29, 1.82) is 0 Å². The van der Waals surface area contributed by atoms with E-state index in [-0.39, 0.29) is 33.8 Å². The Kier molecular flexibility index (Phi) is 65.2. The van der Waals surface area contributed by atoms with Gasteiger partial charge in [-0.05, 0) is 0 Å². The molecule has 0 saturated carbocycles. The van der Waals surface area contributed by atoms with Crippen LogP contribution in [0.1, 0.15) is 0 Å². The van der Waals surface area contributed by atoms with Gasteiger partial charge in [-0.15, -0.1) is 0 Å². The number of hydrogen-bond donors (Lipinski definition) is 0. The van der Waals surface area contributed by atoms with Crippen molar-refractivity contribution in [1.82, 2.24) is 0 Å². The largest absolute Gasteiger partial charge is 0 e. The maximum absolute atomic E-state index is 8.35. The minimum atomic E-state index is -1.08. The van der Waals surface area contributed by atoms with Gasteiger partial charge in [0.15, 0.2) is 0 Å². The van der Waals surface area contributed by atoms with Crippen molar-refractivity contribution in [3.63, 3.8) is 0 Å². The Hall–Kier alpha value is 1.06. The van der Waals surface area contributed by atoms with Crippen molar-refractivity contribution in [2.45, 2.75) is 0 Å². The molecule has 34 valence electrons. The second kappa shape index (κ2) is 19.7. The number of hydrogen-bond acceptors (Lipinski definition) is 2. The zero-order valence-corrected chi connectivity index (χ0v) is 4.99. The first-order valence-electron chi connectivity index (χ1n) is 0.365. The van der Waals surface area contributed by atoms with E-state index in [1.165, 1.54) is 0 Å². The van der Waals surface area contributed by atoms with Gasteiger partial charge < -0.3 is 0 Å². The van der Waals surface area contributed by atoms with Crippen LogP contribution in [0.15, 0.2) is 0 Å². The Bertz CT molecular complexity index is 30.6. The monoisotopic (exact) mass is 178 g/mol. The molecule has 5 heteroatoms. The second-order valence-corrected chi connectivity index (χ2v) is 0.224. The summed E-state index contributed by atoms with van der Waals surface area (Å²) >= 11 is 0. The van der Waals surface area contributed by atoms with Gasteiger partial charge in [0.25, 0.3) is 0 Å². The fourth-order valence-corrected chi connectivity index (χ4v) is 0. The molecule has 0 aliphatic carbocycles. The molecule has 0 aromatic rings. The SMILES string of the molecule is O=[P]=O.[Co].[Fe]. The average molecular weight is 178 g/mol. The Balaban J connectivity index is -0.0000000200. The third kappa shape index (κ3) is 42.3. The smallest absolute Gasteiger partial charge is 0 e. The molecule has 0 aromatic heterocycles. The first-order valence-corrected chi connectivity index (χ1v) is 1.10. The van der Waals surface area contributed by atoms with Crippen LogP contribution in [-0.4, -0.2) is 0 Å². The molecular weight excluding hydrogens is 178 g/mol. The molecular formula is CoFeO2P. The maximum atomic E-state index is 8.35. The van der Waals surface area contributed by atoms with Crippen molar-refractivity contribution in [2.24, 2.45) is 0 Å². The van der Waals surface area contributed by atoms with E-state index in [0.717, 1.165) is 0 Å². The van der Waals surface area contributed by atoms with Crippen molar-refractivity contribution < 1.29 is 43.0 Å². The van der Waals surface area contributed by atoms with Crippen LogP contribution >= 0.6 is 8.34 Å². The summed E-state index contributed by atoms with van der Waals surface area (Å²) in [5, 5.41) is 0. The minimum absolute atomic E-state index is 0. The van der Waals surface area contributed by atoms with Crippen LogP contribution in [0.3, 0.4) is 0 Å². The van der Waals surface area contributed by atoms with Gasteiger partial charge in [0.2, 0.25) is 0 Å². The predicted molar refractivity (Wildman–Crippen MR) is 8.29 cm³/mol. The van der Waals surface area contributed by atoms with Gasteiger partial charge in [0.05, 0.1) is 0 Å². The van der Waals surface area contributed by atoms with Crippen LogP contribution < -0.4 is 0 Å². The van der Waals surface area contributed by atoms with Gasteiger partial charge in [-0.1, -0.05) is 0 Å². The summed E-state index contributed by atoms with van der Waals surface area (Å²) in [6, 6.07) is 0. The van der Waals surface area contributed by atoms with Gasteiger partial charge in [0, 0.05) is 33.8 Å². The van der Waals surface area contributed by atoms with E-state index < -0.39 is 8.34 Å². The molecule has 0 atom stereocenters. The van der Waals surface area contributed by atoms with E-state index in [1.807, 2.05) is 0 Å². The van der Waals surface area contributed by atoms with Crippen LogP contribution in [0.5, 0.6) is 0 Å². The molecule has 0 amide bonds. The second-order valence-electron chi connectivity index (χ2n) is 0.0745. The molecule has 0 aliphatic rings. The Morgan fingerprint density at radius 3 is 1.20 bits per heavy atom. The average Bonchev–Trinajstić information content (AvgIpc) is 0.918. The van der Waals surface area contributed by atoms with Crippen LogP contribution in [0.4, 0.5) is 0 Å². The summed E-state index contributed by atoms with van der Waals surface area (Å²) < 4.78 is 16.7. The van der Waals surface area contributed by atoms with Gasteiger partial charge in [-0.2, -0.15) is 0 Å². The third-order valence-corrected chi connectivity index (χ3v) is 0. The Morgan fingerprint density at radius 2 is 1.20 bits per heavy atom. The van der Waals surface area contributed by atoms with E-state index in [0.29, 0.717) is 0 Å². The standard InChI is InChI=1S/Co.Fe.O2P/c;;1-3-2. The Labute approximate surface area is 51.6 Å². The zero-order chi connectivity index (χ0) is 2.71. The van der Waals surface area contributed by atoms with Crippen LogP contribution in [0.25, 0.3) is 0 Å². The fraction of sp³-hybridized carbons (Fsp3) is 0. The number of rotatable bonds is 0. The molecule has 0 unspecified atom stereocenters. The maximum Gasteiger partial charge on any atom is 0 e. The van der Waals surface area contributed by atoms with Crippen LogP contribution in [0, 0.1) is 0 Å². The molecule has 0 N–H and O–H groups in total. The summed E-state index contributed by atoms with van der Waals surface area (Å²) in [6.45, 7) is 0. The van der Waals surface area contributed by atoms with Crippen molar-refractivity contribution in [2.75, 3.05) is 0 Å². The molecule has 5 heavy (non-hydrogen) atoms. The minimum Gasteiger partial charge on any atom is 0 e. The predicted octanol–water partition coefficient (Wildman–Crippen LogP) is 0.619. The van der Waals surface area contributed by atoms with Crippen LogP contribution in [0.2, 0.25) is 0 Å².